The van der Waals surface area contributed by atoms with Gasteiger partial charge in [-0.25, -0.2) is 15.0 Å². The Hall–Kier alpha value is -6.69. The van der Waals surface area contributed by atoms with Crippen LogP contribution in [0.3, 0.4) is 0 Å². The highest BCUT2D eigenvalue weighted by atomic mass is 32.1. The molecule has 0 amide bonds. The standard InChI is InChI=1S/C47H28N4S/c1-3-13-30(14-4-1)45-48-46(31-15-5-2-6-16-31)50-47(49-45)39-20-11-19-36-37-26-27-41-42(44(37)52-43(36)39)38-18-9-10-21-40(38)51(41)33-24-25-35-32(28-33)23-22-29-12-7-8-17-34(29)35/h1-28H. The smallest absolute Gasteiger partial charge is 0.165 e. The Morgan fingerprint density at radius 1 is 0.385 bits per heavy atom. The van der Waals surface area contributed by atoms with Crippen molar-refractivity contribution in [3.05, 3.63) is 170 Å². The number of nitrogens with zero attached hydrogens (tertiary/aromatic N) is 4. The molecule has 0 N–H and O–H groups in total. The minimum Gasteiger partial charge on any atom is -0.309 e. The monoisotopic (exact) mass is 680 g/mol. The highest BCUT2D eigenvalue weighted by molar-refractivity contribution is 7.27. The molecule has 52 heavy (non-hydrogen) atoms. The molecule has 0 aliphatic carbocycles. The van der Waals surface area contributed by atoms with Crippen LogP contribution in [-0.4, -0.2) is 19.5 Å². The maximum Gasteiger partial charge on any atom is 0.165 e. The van der Waals surface area contributed by atoms with Gasteiger partial charge in [0, 0.05) is 53.3 Å². The molecule has 3 aromatic heterocycles. The summed E-state index contributed by atoms with van der Waals surface area (Å²) in [5, 5.41) is 10.00. The molecule has 242 valence electrons. The average molecular weight is 681 g/mol. The number of fused-ring (bicyclic) bond motifs is 10. The van der Waals surface area contributed by atoms with Gasteiger partial charge in [-0.05, 0) is 51.9 Å². The van der Waals surface area contributed by atoms with Crippen LogP contribution in [0.4, 0.5) is 0 Å². The van der Waals surface area contributed by atoms with Gasteiger partial charge < -0.3 is 4.57 Å². The first-order valence-electron chi connectivity index (χ1n) is 17.5. The molecule has 11 aromatic rings. The van der Waals surface area contributed by atoms with Gasteiger partial charge in [0.2, 0.25) is 0 Å². The van der Waals surface area contributed by atoms with E-state index in [9.17, 15) is 0 Å². The molecule has 11 rings (SSSR count). The Balaban J connectivity index is 1.15. The van der Waals surface area contributed by atoms with E-state index >= 15 is 0 Å². The molecule has 0 aliphatic heterocycles. The Morgan fingerprint density at radius 3 is 1.77 bits per heavy atom. The third kappa shape index (κ3) is 4.43. The Bertz CT molecular complexity index is 3120. The van der Waals surface area contributed by atoms with Gasteiger partial charge in [0.25, 0.3) is 0 Å². The molecule has 3 heterocycles. The fourth-order valence-electron chi connectivity index (χ4n) is 7.83. The van der Waals surface area contributed by atoms with Crippen molar-refractivity contribution in [2.75, 3.05) is 0 Å². The summed E-state index contributed by atoms with van der Waals surface area (Å²) in [7, 11) is 0. The molecular weight excluding hydrogens is 653 g/mol. The van der Waals surface area contributed by atoms with Crippen molar-refractivity contribution in [1.29, 1.82) is 0 Å². The zero-order valence-electron chi connectivity index (χ0n) is 27.9. The summed E-state index contributed by atoms with van der Waals surface area (Å²) >= 11 is 1.83. The number of benzene rings is 8. The third-order valence-corrected chi connectivity index (χ3v) is 11.5. The SMILES string of the molecule is c1ccc(-c2nc(-c3ccccc3)nc(-c3cccc4c3sc3c4ccc4c3c3ccccc3n4-c3ccc4c(ccc5ccccc54)c3)n2)cc1. The summed E-state index contributed by atoms with van der Waals surface area (Å²) in [6.45, 7) is 0. The lowest BCUT2D eigenvalue weighted by Gasteiger charge is -2.11. The Morgan fingerprint density at radius 2 is 0.981 bits per heavy atom. The molecule has 0 unspecified atom stereocenters. The van der Waals surface area contributed by atoms with E-state index in [2.05, 4.69) is 138 Å². The maximum absolute atomic E-state index is 5.10. The van der Waals surface area contributed by atoms with E-state index in [1.54, 1.807) is 0 Å². The zero-order valence-corrected chi connectivity index (χ0v) is 28.7. The molecule has 8 aromatic carbocycles. The quantitative estimate of drug-likeness (QED) is 0.174. The van der Waals surface area contributed by atoms with Crippen LogP contribution in [0.1, 0.15) is 0 Å². The van der Waals surface area contributed by atoms with E-state index in [0.29, 0.717) is 17.5 Å². The van der Waals surface area contributed by atoms with Crippen LogP contribution in [0.15, 0.2) is 170 Å². The molecule has 5 heteroatoms. The van der Waals surface area contributed by atoms with Crippen LogP contribution < -0.4 is 0 Å². The summed E-state index contributed by atoms with van der Waals surface area (Å²) < 4.78 is 4.86. The highest BCUT2D eigenvalue weighted by Gasteiger charge is 2.21. The molecule has 0 radical (unpaired) electrons. The van der Waals surface area contributed by atoms with Crippen molar-refractivity contribution in [2.24, 2.45) is 0 Å². The average Bonchev–Trinajstić information content (AvgIpc) is 3.77. The lowest BCUT2D eigenvalue weighted by Crippen LogP contribution is -2.00. The van der Waals surface area contributed by atoms with E-state index in [0.717, 1.165) is 22.4 Å². The summed E-state index contributed by atoms with van der Waals surface area (Å²) in [4.78, 5) is 15.1. The van der Waals surface area contributed by atoms with Crippen LogP contribution in [0.5, 0.6) is 0 Å². The molecule has 0 aliphatic rings. The van der Waals surface area contributed by atoms with Crippen LogP contribution in [0.25, 0.3) is 103 Å². The van der Waals surface area contributed by atoms with Crippen molar-refractivity contribution < 1.29 is 0 Å². The van der Waals surface area contributed by atoms with Crippen molar-refractivity contribution >= 4 is 74.9 Å². The van der Waals surface area contributed by atoms with E-state index in [-0.39, 0.29) is 0 Å². The van der Waals surface area contributed by atoms with Crippen molar-refractivity contribution in [3.63, 3.8) is 0 Å². The molecule has 0 saturated heterocycles. The first kappa shape index (κ1) is 29.1. The number of hydrogen-bond acceptors (Lipinski definition) is 4. The second-order valence-electron chi connectivity index (χ2n) is 13.2. The minimum atomic E-state index is 0.663. The van der Waals surface area contributed by atoms with Crippen molar-refractivity contribution in [1.82, 2.24) is 19.5 Å². The molecule has 0 atom stereocenters. The van der Waals surface area contributed by atoms with E-state index < -0.39 is 0 Å². The predicted molar refractivity (Wildman–Crippen MR) is 218 cm³/mol. The second kappa shape index (κ2) is 11.4. The van der Waals surface area contributed by atoms with E-state index in [4.69, 9.17) is 15.0 Å². The van der Waals surface area contributed by atoms with Gasteiger partial charge in [-0.2, -0.15) is 0 Å². The van der Waals surface area contributed by atoms with Crippen molar-refractivity contribution in [3.8, 4) is 39.9 Å². The van der Waals surface area contributed by atoms with E-state index in [1.165, 1.54) is 63.5 Å². The van der Waals surface area contributed by atoms with Gasteiger partial charge in [0.1, 0.15) is 0 Å². The zero-order chi connectivity index (χ0) is 34.2. The van der Waals surface area contributed by atoms with Crippen LogP contribution in [0, 0.1) is 0 Å². The number of hydrogen-bond donors (Lipinski definition) is 0. The number of rotatable bonds is 4. The summed E-state index contributed by atoms with van der Waals surface area (Å²) in [5.41, 5.74) is 6.47. The third-order valence-electron chi connectivity index (χ3n) is 10.2. The summed E-state index contributed by atoms with van der Waals surface area (Å²) in [6, 6.07) is 60.2. The topological polar surface area (TPSA) is 43.6 Å². The molecule has 0 bridgehead atoms. The maximum atomic E-state index is 5.10. The predicted octanol–water partition coefficient (Wildman–Crippen LogP) is 12.6. The first-order chi connectivity index (χ1) is 25.8. The molecular formula is C47H28N4S. The second-order valence-corrected chi connectivity index (χ2v) is 14.2. The van der Waals surface area contributed by atoms with E-state index in [1.807, 2.05) is 47.7 Å². The number of aromatic nitrogens is 4. The molecule has 0 fully saturated rings. The summed E-state index contributed by atoms with van der Waals surface area (Å²) in [5.74, 6) is 2.00. The fourth-order valence-corrected chi connectivity index (χ4v) is 9.20. The Labute approximate surface area is 302 Å². The van der Waals surface area contributed by atoms with Gasteiger partial charge in [-0.1, -0.05) is 140 Å². The number of para-hydroxylation sites is 1. The summed E-state index contributed by atoms with van der Waals surface area (Å²) in [6.07, 6.45) is 0. The largest absolute Gasteiger partial charge is 0.309 e. The van der Waals surface area contributed by atoms with Gasteiger partial charge >= 0.3 is 0 Å². The normalized spacial score (nSPS) is 11.8. The van der Waals surface area contributed by atoms with Gasteiger partial charge in [0.05, 0.1) is 11.0 Å². The highest BCUT2D eigenvalue weighted by Crippen LogP contribution is 2.46. The molecule has 0 spiro atoms. The Kier molecular flexibility index (Phi) is 6.39. The van der Waals surface area contributed by atoms with Gasteiger partial charge in [0.15, 0.2) is 17.5 Å². The first-order valence-corrected chi connectivity index (χ1v) is 18.3. The minimum absolute atomic E-state index is 0.663. The van der Waals surface area contributed by atoms with Gasteiger partial charge in [-0.15, -0.1) is 11.3 Å². The van der Waals surface area contributed by atoms with Crippen LogP contribution in [0.2, 0.25) is 0 Å². The fraction of sp³-hybridized carbons (Fsp3) is 0. The molecule has 4 nitrogen and oxygen atoms in total. The lowest BCUT2D eigenvalue weighted by molar-refractivity contribution is 1.08. The molecule has 0 saturated carbocycles. The van der Waals surface area contributed by atoms with Gasteiger partial charge in [-0.3, -0.25) is 0 Å². The van der Waals surface area contributed by atoms with Crippen molar-refractivity contribution in [2.45, 2.75) is 0 Å². The lowest BCUT2D eigenvalue weighted by atomic mass is 10.0. The number of thiophene rings is 1. The van der Waals surface area contributed by atoms with Crippen LogP contribution in [-0.2, 0) is 0 Å². The van der Waals surface area contributed by atoms with Crippen LogP contribution >= 0.6 is 11.3 Å².